The number of amides is 3. The fraction of sp³-hybridized carbons (Fsp3) is 0.525. The van der Waals surface area contributed by atoms with E-state index in [0.29, 0.717) is 41.7 Å². The van der Waals surface area contributed by atoms with Crippen molar-refractivity contribution in [1.82, 2.24) is 30.2 Å². The predicted octanol–water partition coefficient (Wildman–Crippen LogP) is 2.62. The van der Waals surface area contributed by atoms with Crippen LogP contribution >= 0.6 is 0 Å². The molecule has 5 fully saturated rings. The normalized spacial score (nSPS) is 28.6. The number of para-hydroxylation sites is 1. The fourth-order valence-electron chi connectivity index (χ4n) is 10.3. The summed E-state index contributed by atoms with van der Waals surface area (Å²) in [4.78, 5) is 49.4. The SMILES string of the molecule is O=C1CCC(N2Cc3ccc(N4CCC(CN5C[C@@H]6[C@H](C5)[C@H]6CN5CCN6c7cc(-c8ccccc8O)nnc7NC[C@H]6C5)CC4)cc3C2=O)C(=O)N1. The van der Waals surface area contributed by atoms with Gasteiger partial charge in [-0.05, 0) is 78.8 Å². The number of piperidine rings is 3. The van der Waals surface area contributed by atoms with E-state index in [2.05, 4.69) is 52.6 Å². The van der Waals surface area contributed by atoms with Gasteiger partial charge in [0.2, 0.25) is 11.8 Å². The first-order valence-electron chi connectivity index (χ1n) is 19.5. The summed E-state index contributed by atoms with van der Waals surface area (Å²) >= 11 is 0. The van der Waals surface area contributed by atoms with Gasteiger partial charge in [-0.1, -0.05) is 18.2 Å². The molecule has 7 heterocycles. The number of piperazine rings is 1. The van der Waals surface area contributed by atoms with Gasteiger partial charge in [-0.2, -0.15) is 0 Å². The number of nitrogens with zero attached hydrogens (tertiary/aromatic N) is 7. The quantitative estimate of drug-likeness (QED) is 0.311. The standard InChI is InChI=1S/C40H47N9O4/c50-36-4-2-1-3-28(36)33-16-35-38(44-43-33)41-17-27-20-45(13-14-48(27)35)21-30-31-22-46(23-32(30)31)18-24-9-11-47(12-10-24)26-6-5-25-19-49(40(53)29(25)15-26)34-7-8-37(51)42-39(34)52/h1-6,15-16,24,27,30-32,34,50H,7-14,17-23H2,(H,41,44)(H,42,51,52)/t27-,30-,31-,32+,34?/m0/s1. The highest BCUT2D eigenvalue weighted by molar-refractivity contribution is 6.05. The molecule has 1 saturated carbocycles. The second-order valence-corrected chi connectivity index (χ2v) is 16.4. The molecule has 6 aliphatic heterocycles. The van der Waals surface area contributed by atoms with Crippen LogP contribution in [0.2, 0.25) is 0 Å². The maximum absolute atomic E-state index is 13.3. The molecule has 1 aromatic heterocycles. The lowest BCUT2D eigenvalue weighted by atomic mass is 9.95. The first kappa shape index (κ1) is 32.9. The average Bonchev–Trinajstić information content (AvgIpc) is 3.44. The molecule has 1 unspecified atom stereocenters. The molecule has 5 atom stereocenters. The minimum Gasteiger partial charge on any atom is -0.507 e. The van der Waals surface area contributed by atoms with Crippen LogP contribution in [0.3, 0.4) is 0 Å². The summed E-state index contributed by atoms with van der Waals surface area (Å²) in [6.07, 6.45) is 2.97. The maximum Gasteiger partial charge on any atom is 0.255 e. The molecule has 13 nitrogen and oxygen atoms in total. The minimum absolute atomic E-state index is 0.105. The van der Waals surface area contributed by atoms with E-state index in [1.54, 1.807) is 11.0 Å². The van der Waals surface area contributed by atoms with Crippen molar-refractivity contribution in [2.24, 2.45) is 23.7 Å². The van der Waals surface area contributed by atoms with Gasteiger partial charge in [0, 0.05) is 95.2 Å². The second kappa shape index (κ2) is 13.0. The van der Waals surface area contributed by atoms with Gasteiger partial charge in [0.05, 0.1) is 17.4 Å². The number of benzene rings is 2. The molecule has 3 amide bonds. The number of carbonyl (C=O) groups excluding carboxylic acids is 3. The van der Waals surface area contributed by atoms with Gasteiger partial charge in [-0.15, -0.1) is 10.2 Å². The molecule has 0 spiro atoms. The Hall–Kier alpha value is -4.75. The topological polar surface area (TPSA) is 137 Å². The van der Waals surface area contributed by atoms with Crippen molar-refractivity contribution >= 4 is 34.9 Å². The monoisotopic (exact) mass is 717 g/mol. The third-order valence-corrected chi connectivity index (χ3v) is 13.3. The van der Waals surface area contributed by atoms with Crippen molar-refractivity contribution in [2.45, 2.75) is 44.3 Å². The summed E-state index contributed by atoms with van der Waals surface area (Å²) in [6, 6.07) is 15.4. The molecule has 53 heavy (non-hydrogen) atoms. The largest absolute Gasteiger partial charge is 0.507 e. The maximum atomic E-state index is 13.3. The molecular weight excluding hydrogens is 670 g/mol. The number of imide groups is 1. The molecule has 0 radical (unpaired) electrons. The number of fused-ring (bicyclic) bond motifs is 5. The number of aromatic hydroxyl groups is 1. The Morgan fingerprint density at radius 1 is 0.811 bits per heavy atom. The number of hydrogen-bond donors (Lipinski definition) is 3. The molecule has 2 aromatic carbocycles. The van der Waals surface area contributed by atoms with Gasteiger partial charge in [0.25, 0.3) is 5.91 Å². The van der Waals surface area contributed by atoms with Crippen molar-refractivity contribution < 1.29 is 19.5 Å². The van der Waals surface area contributed by atoms with E-state index in [0.717, 1.165) is 92.6 Å². The van der Waals surface area contributed by atoms with Gasteiger partial charge in [-0.3, -0.25) is 24.6 Å². The van der Waals surface area contributed by atoms with Crippen LogP contribution in [0.5, 0.6) is 5.75 Å². The Morgan fingerprint density at radius 3 is 2.45 bits per heavy atom. The summed E-state index contributed by atoms with van der Waals surface area (Å²) in [5.41, 5.74) is 5.23. The van der Waals surface area contributed by atoms with Crippen LogP contribution in [0.1, 0.15) is 41.6 Å². The van der Waals surface area contributed by atoms with E-state index in [-0.39, 0.29) is 29.9 Å². The summed E-state index contributed by atoms with van der Waals surface area (Å²) in [5.74, 6) is 3.50. The Kier molecular flexibility index (Phi) is 8.05. The van der Waals surface area contributed by atoms with E-state index in [1.165, 1.54) is 26.2 Å². The zero-order chi connectivity index (χ0) is 35.8. The van der Waals surface area contributed by atoms with Crippen LogP contribution in [0.15, 0.2) is 48.5 Å². The third kappa shape index (κ3) is 5.97. The van der Waals surface area contributed by atoms with Crippen LogP contribution in [-0.2, 0) is 16.1 Å². The third-order valence-electron chi connectivity index (χ3n) is 13.3. The number of nitrogens with one attached hydrogen (secondary N) is 2. The lowest BCUT2D eigenvalue weighted by molar-refractivity contribution is -0.136. The first-order valence-corrected chi connectivity index (χ1v) is 19.5. The van der Waals surface area contributed by atoms with Crippen molar-refractivity contribution in [3.05, 3.63) is 59.7 Å². The first-order chi connectivity index (χ1) is 25.9. The number of likely N-dealkylation sites (tertiary alicyclic amines) is 1. The Labute approximate surface area is 309 Å². The van der Waals surface area contributed by atoms with E-state index < -0.39 is 6.04 Å². The number of anilines is 3. The molecular formula is C40H47N9O4. The van der Waals surface area contributed by atoms with E-state index in [9.17, 15) is 19.5 Å². The molecule has 13 heteroatoms. The van der Waals surface area contributed by atoms with Crippen LogP contribution in [0.25, 0.3) is 11.3 Å². The molecule has 1 aliphatic carbocycles. The molecule has 10 rings (SSSR count). The van der Waals surface area contributed by atoms with Crippen molar-refractivity contribution in [3.63, 3.8) is 0 Å². The zero-order valence-corrected chi connectivity index (χ0v) is 30.0. The highest BCUT2D eigenvalue weighted by Gasteiger charge is 2.56. The summed E-state index contributed by atoms with van der Waals surface area (Å²) in [6.45, 7) is 11.2. The fourth-order valence-corrected chi connectivity index (χ4v) is 10.3. The lowest BCUT2D eigenvalue weighted by Crippen LogP contribution is -2.58. The van der Waals surface area contributed by atoms with E-state index >= 15 is 0 Å². The van der Waals surface area contributed by atoms with Crippen LogP contribution in [0.4, 0.5) is 17.2 Å². The molecule has 7 aliphatic rings. The Bertz CT molecular complexity index is 1950. The van der Waals surface area contributed by atoms with Crippen LogP contribution < -0.4 is 20.4 Å². The van der Waals surface area contributed by atoms with Crippen molar-refractivity contribution in [1.29, 1.82) is 0 Å². The number of rotatable bonds is 7. The molecule has 3 aromatic rings. The number of phenols is 1. The van der Waals surface area contributed by atoms with Gasteiger partial charge < -0.3 is 30.0 Å². The van der Waals surface area contributed by atoms with Gasteiger partial charge in [-0.25, -0.2) is 0 Å². The Balaban J connectivity index is 0.682. The lowest BCUT2D eigenvalue weighted by Gasteiger charge is -2.46. The molecule has 4 saturated heterocycles. The molecule has 276 valence electrons. The van der Waals surface area contributed by atoms with Gasteiger partial charge in [0.15, 0.2) is 5.82 Å². The van der Waals surface area contributed by atoms with E-state index in [1.807, 2.05) is 30.3 Å². The number of carbonyl (C=O) groups is 3. The number of phenolic OH excluding ortho intramolecular Hbond substituents is 1. The molecule has 3 N–H and O–H groups in total. The van der Waals surface area contributed by atoms with Crippen molar-refractivity contribution in [2.75, 3.05) is 80.6 Å². The van der Waals surface area contributed by atoms with E-state index in [4.69, 9.17) is 0 Å². The summed E-state index contributed by atoms with van der Waals surface area (Å²) in [7, 11) is 0. The molecule has 0 bridgehead atoms. The van der Waals surface area contributed by atoms with Gasteiger partial charge in [0.1, 0.15) is 11.8 Å². The summed E-state index contributed by atoms with van der Waals surface area (Å²) in [5, 5.41) is 25.2. The number of hydrogen-bond acceptors (Lipinski definition) is 11. The zero-order valence-electron chi connectivity index (χ0n) is 30.0. The van der Waals surface area contributed by atoms with Crippen LogP contribution in [0, 0.1) is 23.7 Å². The predicted molar refractivity (Wildman–Crippen MR) is 200 cm³/mol. The Morgan fingerprint density at radius 2 is 1.64 bits per heavy atom. The van der Waals surface area contributed by atoms with Crippen molar-refractivity contribution in [3.8, 4) is 17.0 Å². The minimum atomic E-state index is -0.578. The average molecular weight is 718 g/mol. The summed E-state index contributed by atoms with van der Waals surface area (Å²) < 4.78 is 0. The smallest absolute Gasteiger partial charge is 0.255 e. The second-order valence-electron chi connectivity index (χ2n) is 16.4. The highest BCUT2D eigenvalue weighted by atomic mass is 16.3. The number of aromatic nitrogens is 2. The van der Waals surface area contributed by atoms with Gasteiger partial charge >= 0.3 is 0 Å². The highest BCUT2D eigenvalue weighted by Crippen LogP contribution is 2.52. The van der Waals surface area contributed by atoms with Crippen LogP contribution in [-0.4, -0.2) is 125 Å².